The molecule has 6 nitrogen and oxygen atoms in total. The number of carbonyl (C=O) groups excluding carboxylic acids is 1. The molecule has 0 aromatic carbocycles. The fraction of sp³-hybridized carbons (Fsp3) is 0.500. The number of pyridine rings is 1. The summed E-state index contributed by atoms with van der Waals surface area (Å²) in [5.74, 6) is 0.538. The highest BCUT2D eigenvalue weighted by molar-refractivity contribution is 5.80. The monoisotopic (exact) mass is 253 g/mol. The minimum atomic E-state index is -0.503. The van der Waals surface area contributed by atoms with Crippen molar-refractivity contribution in [1.82, 2.24) is 4.98 Å². The van der Waals surface area contributed by atoms with Crippen LogP contribution < -0.4 is 15.8 Å². The second-order valence-electron chi connectivity index (χ2n) is 4.18. The highest BCUT2D eigenvalue weighted by atomic mass is 16.5. The first-order valence-electron chi connectivity index (χ1n) is 5.64. The highest BCUT2D eigenvalue weighted by Crippen LogP contribution is 2.22. The van der Waals surface area contributed by atoms with Crippen LogP contribution in [0.15, 0.2) is 12.1 Å². The summed E-state index contributed by atoms with van der Waals surface area (Å²) in [4.78, 5) is 15.8. The summed E-state index contributed by atoms with van der Waals surface area (Å²) in [6, 6.07) is 2.82. The van der Waals surface area contributed by atoms with Gasteiger partial charge >= 0.3 is 5.97 Å². The van der Waals surface area contributed by atoms with E-state index >= 15 is 0 Å². The number of aromatic nitrogens is 1. The van der Waals surface area contributed by atoms with E-state index in [0.717, 1.165) is 0 Å². The van der Waals surface area contributed by atoms with Crippen LogP contribution in [-0.2, 0) is 9.53 Å². The zero-order valence-corrected chi connectivity index (χ0v) is 11.1. The molecule has 1 heterocycles. The molecular formula is C12H19N3O3. The van der Waals surface area contributed by atoms with E-state index in [1.54, 1.807) is 12.1 Å². The van der Waals surface area contributed by atoms with Gasteiger partial charge in [-0.1, -0.05) is 13.8 Å². The normalized spacial score (nSPS) is 12.1. The topological polar surface area (TPSA) is 86.5 Å². The molecule has 0 amide bonds. The number of methoxy groups -OCH3 is 2. The molecule has 0 aliphatic heterocycles. The summed E-state index contributed by atoms with van der Waals surface area (Å²) < 4.78 is 9.76. The molecule has 0 saturated heterocycles. The maximum atomic E-state index is 11.6. The number of nitrogens with zero attached hydrogens (tertiary/aromatic N) is 1. The number of hydrogen-bond donors (Lipinski definition) is 2. The molecule has 0 aliphatic carbocycles. The van der Waals surface area contributed by atoms with E-state index in [2.05, 4.69) is 10.3 Å². The predicted octanol–water partition coefficient (Wildman–Crippen LogP) is 1.28. The molecule has 1 aromatic heterocycles. The molecular weight excluding hydrogens is 234 g/mol. The van der Waals surface area contributed by atoms with Crippen LogP contribution in [0.25, 0.3) is 0 Å². The Bertz CT molecular complexity index is 421. The van der Waals surface area contributed by atoms with E-state index in [1.807, 2.05) is 13.8 Å². The van der Waals surface area contributed by atoms with E-state index in [4.69, 9.17) is 15.2 Å². The number of hydrogen-bond acceptors (Lipinski definition) is 6. The van der Waals surface area contributed by atoms with Gasteiger partial charge in [-0.2, -0.15) is 4.98 Å². The van der Waals surface area contributed by atoms with Crippen molar-refractivity contribution < 1.29 is 14.3 Å². The minimum Gasteiger partial charge on any atom is -0.481 e. The summed E-state index contributed by atoms with van der Waals surface area (Å²) in [5, 5.41) is 2.98. The minimum absolute atomic E-state index is 0.0462. The Balaban J connectivity index is 2.96. The Morgan fingerprint density at radius 3 is 2.56 bits per heavy atom. The van der Waals surface area contributed by atoms with Crippen LogP contribution in [0.5, 0.6) is 5.88 Å². The van der Waals surface area contributed by atoms with Crippen molar-refractivity contribution in [2.24, 2.45) is 5.92 Å². The van der Waals surface area contributed by atoms with Crippen molar-refractivity contribution in [3.05, 3.63) is 12.1 Å². The molecule has 0 bridgehead atoms. The van der Waals surface area contributed by atoms with E-state index in [-0.39, 0.29) is 11.9 Å². The molecule has 6 heteroatoms. The van der Waals surface area contributed by atoms with Gasteiger partial charge in [0.05, 0.1) is 19.9 Å². The van der Waals surface area contributed by atoms with E-state index < -0.39 is 6.04 Å². The Labute approximate surface area is 106 Å². The van der Waals surface area contributed by atoms with Crippen LogP contribution in [0.3, 0.4) is 0 Å². The fourth-order valence-corrected chi connectivity index (χ4v) is 1.45. The number of nitrogen functional groups attached to an aromatic ring is 1. The molecule has 3 N–H and O–H groups in total. The smallest absolute Gasteiger partial charge is 0.328 e. The van der Waals surface area contributed by atoms with Crippen LogP contribution >= 0.6 is 0 Å². The van der Waals surface area contributed by atoms with Gasteiger partial charge in [-0.05, 0) is 12.0 Å². The SMILES string of the molecule is COC(=O)C(Nc1nc(OC)ccc1N)C(C)C. The van der Waals surface area contributed by atoms with Crippen LogP contribution in [-0.4, -0.2) is 31.2 Å². The van der Waals surface area contributed by atoms with E-state index in [1.165, 1.54) is 14.2 Å². The number of ether oxygens (including phenoxy) is 2. The zero-order chi connectivity index (χ0) is 13.7. The Kier molecular flexibility index (Phi) is 4.76. The quantitative estimate of drug-likeness (QED) is 0.769. The third kappa shape index (κ3) is 3.26. The maximum Gasteiger partial charge on any atom is 0.328 e. The molecule has 0 fully saturated rings. The van der Waals surface area contributed by atoms with Gasteiger partial charge in [0.1, 0.15) is 6.04 Å². The van der Waals surface area contributed by atoms with Crippen molar-refractivity contribution in [3.63, 3.8) is 0 Å². The molecule has 0 saturated carbocycles. The maximum absolute atomic E-state index is 11.6. The molecule has 1 rings (SSSR count). The molecule has 1 atom stereocenters. The lowest BCUT2D eigenvalue weighted by atomic mass is 10.0. The number of nitrogens with two attached hydrogens (primary N) is 1. The Hall–Kier alpha value is -1.98. The molecule has 18 heavy (non-hydrogen) atoms. The highest BCUT2D eigenvalue weighted by Gasteiger charge is 2.24. The number of esters is 1. The standard InChI is InChI=1S/C12H19N3O3/c1-7(2)10(12(16)18-4)15-11-8(13)5-6-9(14-11)17-3/h5-7,10H,13H2,1-4H3,(H,14,15). The van der Waals surface area contributed by atoms with Gasteiger partial charge < -0.3 is 20.5 Å². The first-order chi connectivity index (χ1) is 8.49. The van der Waals surface area contributed by atoms with Crippen molar-refractivity contribution in [3.8, 4) is 5.88 Å². The van der Waals surface area contributed by atoms with Crippen molar-refractivity contribution in [2.75, 3.05) is 25.3 Å². The van der Waals surface area contributed by atoms with Gasteiger partial charge in [-0.25, -0.2) is 4.79 Å². The number of nitrogens with one attached hydrogen (secondary N) is 1. The number of anilines is 2. The fourth-order valence-electron chi connectivity index (χ4n) is 1.45. The van der Waals surface area contributed by atoms with Gasteiger partial charge in [0.25, 0.3) is 0 Å². The molecule has 0 aliphatic rings. The van der Waals surface area contributed by atoms with E-state index in [0.29, 0.717) is 17.4 Å². The van der Waals surface area contributed by atoms with E-state index in [9.17, 15) is 4.79 Å². The average Bonchev–Trinajstić information content (AvgIpc) is 2.36. The predicted molar refractivity (Wildman–Crippen MR) is 69.5 cm³/mol. The van der Waals surface area contributed by atoms with Crippen molar-refractivity contribution in [2.45, 2.75) is 19.9 Å². The van der Waals surface area contributed by atoms with Gasteiger partial charge in [0.2, 0.25) is 5.88 Å². The van der Waals surface area contributed by atoms with Gasteiger partial charge in [-0.15, -0.1) is 0 Å². The second-order valence-corrected chi connectivity index (χ2v) is 4.18. The van der Waals surface area contributed by atoms with Gasteiger partial charge in [-0.3, -0.25) is 0 Å². The summed E-state index contributed by atoms with van der Waals surface area (Å²) in [7, 11) is 2.87. The van der Waals surface area contributed by atoms with Gasteiger partial charge in [0, 0.05) is 6.07 Å². The first-order valence-corrected chi connectivity index (χ1v) is 5.64. The molecule has 100 valence electrons. The first kappa shape index (κ1) is 14.1. The van der Waals surface area contributed by atoms with Gasteiger partial charge in [0.15, 0.2) is 5.82 Å². The molecule has 1 aromatic rings. The Morgan fingerprint density at radius 2 is 2.06 bits per heavy atom. The zero-order valence-electron chi connectivity index (χ0n) is 11.1. The average molecular weight is 253 g/mol. The lowest BCUT2D eigenvalue weighted by molar-refractivity contribution is -0.142. The third-order valence-electron chi connectivity index (χ3n) is 2.52. The largest absolute Gasteiger partial charge is 0.481 e. The Morgan fingerprint density at radius 1 is 1.39 bits per heavy atom. The summed E-state index contributed by atoms with van der Waals surface area (Å²) >= 11 is 0. The number of rotatable bonds is 5. The van der Waals surface area contributed by atoms with Crippen LogP contribution in [0.4, 0.5) is 11.5 Å². The van der Waals surface area contributed by atoms with Crippen molar-refractivity contribution >= 4 is 17.5 Å². The third-order valence-corrected chi connectivity index (χ3v) is 2.52. The molecule has 0 radical (unpaired) electrons. The van der Waals surface area contributed by atoms with Crippen LogP contribution in [0.2, 0.25) is 0 Å². The lowest BCUT2D eigenvalue weighted by Crippen LogP contribution is -2.36. The number of carbonyl (C=O) groups is 1. The molecule has 1 unspecified atom stereocenters. The second kappa shape index (κ2) is 6.09. The van der Waals surface area contributed by atoms with Crippen LogP contribution in [0, 0.1) is 5.92 Å². The van der Waals surface area contributed by atoms with Crippen molar-refractivity contribution in [1.29, 1.82) is 0 Å². The molecule has 0 spiro atoms. The summed E-state index contributed by atoms with van der Waals surface area (Å²) in [5.41, 5.74) is 6.25. The summed E-state index contributed by atoms with van der Waals surface area (Å²) in [6.45, 7) is 3.82. The van der Waals surface area contributed by atoms with Crippen LogP contribution in [0.1, 0.15) is 13.8 Å². The lowest BCUT2D eigenvalue weighted by Gasteiger charge is -2.21. The summed E-state index contributed by atoms with van der Waals surface area (Å²) in [6.07, 6.45) is 0.